The molecule has 1 atom stereocenters. The average Bonchev–Trinajstić information content (AvgIpc) is 3.10. The standard InChI is InChI=1S/C10H17N5O2S/c1-15-10(12-13-14-15)18-6-5-8(9(16)17-2)11-7-3-4-7/h7-8,11H,3-6H2,1-2H3. The van der Waals surface area contributed by atoms with Gasteiger partial charge in [0.05, 0.1) is 7.11 Å². The summed E-state index contributed by atoms with van der Waals surface area (Å²) in [6.07, 6.45) is 3.00. The molecular weight excluding hydrogens is 254 g/mol. The minimum absolute atomic E-state index is 0.196. The van der Waals surface area contributed by atoms with Crippen LogP contribution < -0.4 is 5.32 Å². The summed E-state index contributed by atoms with van der Waals surface area (Å²) in [4.78, 5) is 11.6. The lowest BCUT2D eigenvalue weighted by Gasteiger charge is -2.15. The second-order valence-corrected chi connectivity index (χ2v) is 5.30. The van der Waals surface area contributed by atoms with Crippen LogP contribution in [0.2, 0.25) is 0 Å². The summed E-state index contributed by atoms with van der Waals surface area (Å²) in [5, 5.41) is 15.2. The summed E-state index contributed by atoms with van der Waals surface area (Å²) in [6, 6.07) is 0.256. The van der Waals surface area contributed by atoms with E-state index in [9.17, 15) is 4.79 Å². The normalized spacial score (nSPS) is 16.6. The van der Waals surface area contributed by atoms with Crippen LogP contribution >= 0.6 is 11.8 Å². The number of carbonyl (C=O) groups is 1. The molecule has 0 radical (unpaired) electrons. The third-order valence-electron chi connectivity index (χ3n) is 2.72. The summed E-state index contributed by atoms with van der Waals surface area (Å²) < 4.78 is 6.41. The Balaban J connectivity index is 1.77. The molecule has 1 aliphatic rings. The molecule has 1 N–H and O–H groups in total. The molecule has 0 aromatic carbocycles. The van der Waals surface area contributed by atoms with Crippen LogP contribution in [-0.4, -0.2) is 51.1 Å². The smallest absolute Gasteiger partial charge is 0.322 e. The van der Waals surface area contributed by atoms with E-state index >= 15 is 0 Å². The molecule has 18 heavy (non-hydrogen) atoms. The number of rotatable bonds is 7. The summed E-state index contributed by atoms with van der Waals surface area (Å²) >= 11 is 1.54. The molecule has 100 valence electrons. The molecule has 1 unspecified atom stereocenters. The Morgan fingerprint density at radius 1 is 1.67 bits per heavy atom. The lowest BCUT2D eigenvalue weighted by Crippen LogP contribution is -2.39. The van der Waals surface area contributed by atoms with Gasteiger partial charge in [0, 0.05) is 18.8 Å². The molecule has 2 rings (SSSR count). The quantitative estimate of drug-likeness (QED) is 0.551. The fourth-order valence-electron chi connectivity index (χ4n) is 1.56. The average molecular weight is 271 g/mol. The first-order valence-corrected chi connectivity index (χ1v) is 6.88. The number of esters is 1. The third-order valence-corrected chi connectivity index (χ3v) is 3.76. The largest absolute Gasteiger partial charge is 0.468 e. The van der Waals surface area contributed by atoms with Gasteiger partial charge in [-0.2, -0.15) is 0 Å². The topological polar surface area (TPSA) is 81.9 Å². The lowest BCUT2D eigenvalue weighted by atomic mass is 10.2. The number of aromatic nitrogens is 4. The van der Waals surface area contributed by atoms with E-state index in [0.29, 0.717) is 12.5 Å². The van der Waals surface area contributed by atoms with Gasteiger partial charge in [-0.25, -0.2) is 4.68 Å². The number of hydrogen-bond acceptors (Lipinski definition) is 7. The highest BCUT2D eigenvalue weighted by Gasteiger charge is 2.28. The van der Waals surface area contributed by atoms with Crippen LogP contribution in [0, 0.1) is 0 Å². The van der Waals surface area contributed by atoms with Crippen molar-refractivity contribution in [3.63, 3.8) is 0 Å². The fourth-order valence-corrected chi connectivity index (χ4v) is 2.41. The number of aryl methyl sites for hydroxylation is 1. The van der Waals surface area contributed by atoms with Gasteiger partial charge in [-0.15, -0.1) is 5.10 Å². The molecule has 0 aliphatic heterocycles. The molecule has 1 aliphatic carbocycles. The zero-order valence-corrected chi connectivity index (χ0v) is 11.3. The minimum atomic E-state index is -0.226. The number of tetrazole rings is 1. The van der Waals surface area contributed by atoms with Crippen LogP contribution in [0.25, 0.3) is 0 Å². The first-order chi connectivity index (χ1) is 8.70. The maximum atomic E-state index is 11.6. The Morgan fingerprint density at radius 3 is 3.00 bits per heavy atom. The number of nitrogens with zero attached hydrogens (tertiary/aromatic N) is 4. The summed E-state index contributed by atoms with van der Waals surface area (Å²) in [7, 11) is 3.21. The van der Waals surface area contributed by atoms with Crippen LogP contribution in [0.1, 0.15) is 19.3 Å². The molecule has 0 spiro atoms. The van der Waals surface area contributed by atoms with Gasteiger partial charge >= 0.3 is 5.97 Å². The van der Waals surface area contributed by atoms with Gasteiger partial charge in [0.1, 0.15) is 6.04 Å². The molecule has 7 nitrogen and oxygen atoms in total. The molecular formula is C10H17N5O2S. The van der Waals surface area contributed by atoms with E-state index in [1.165, 1.54) is 18.9 Å². The number of carbonyl (C=O) groups excluding carboxylic acids is 1. The first kappa shape index (κ1) is 13.3. The van der Waals surface area contributed by atoms with Crippen molar-refractivity contribution in [2.24, 2.45) is 7.05 Å². The number of methoxy groups -OCH3 is 1. The predicted octanol–water partition coefficient (Wildman–Crippen LogP) is -0.0141. The van der Waals surface area contributed by atoms with Crippen molar-refractivity contribution < 1.29 is 9.53 Å². The number of thioether (sulfide) groups is 1. The second kappa shape index (κ2) is 6.14. The summed E-state index contributed by atoms with van der Waals surface area (Å²) in [5.74, 6) is 0.576. The number of nitrogens with one attached hydrogen (secondary N) is 1. The maximum absolute atomic E-state index is 11.6. The van der Waals surface area contributed by atoms with Crippen molar-refractivity contribution in [3.8, 4) is 0 Å². The van der Waals surface area contributed by atoms with Crippen molar-refractivity contribution in [2.75, 3.05) is 12.9 Å². The second-order valence-electron chi connectivity index (χ2n) is 4.24. The lowest BCUT2D eigenvalue weighted by molar-refractivity contribution is -0.143. The molecule has 1 aromatic heterocycles. The van der Waals surface area contributed by atoms with Crippen molar-refractivity contribution in [1.29, 1.82) is 0 Å². The van der Waals surface area contributed by atoms with Crippen LogP contribution in [0.5, 0.6) is 0 Å². The van der Waals surface area contributed by atoms with Crippen molar-refractivity contribution >= 4 is 17.7 Å². The van der Waals surface area contributed by atoms with Gasteiger partial charge in [0.2, 0.25) is 5.16 Å². The van der Waals surface area contributed by atoms with Gasteiger partial charge < -0.3 is 10.1 Å². The zero-order valence-electron chi connectivity index (χ0n) is 10.5. The highest BCUT2D eigenvalue weighted by Crippen LogP contribution is 2.21. The Bertz CT molecular complexity index is 407. The monoisotopic (exact) mass is 271 g/mol. The number of hydrogen-bond donors (Lipinski definition) is 1. The molecule has 1 heterocycles. The maximum Gasteiger partial charge on any atom is 0.322 e. The molecule has 1 fully saturated rings. The molecule has 0 saturated heterocycles. The highest BCUT2D eigenvalue weighted by atomic mass is 32.2. The Hall–Kier alpha value is -1.15. The van der Waals surface area contributed by atoms with E-state index in [4.69, 9.17) is 4.74 Å². The Morgan fingerprint density at radius 2 is 2.44 bits per heavy atom. The Kier molecular flexibility index (Phi) is 4.54. The van der Waals surface area contributed by atoms with Crippen molar-refractivity contribution in [1.82, 2.24) is 25.5 Å². The molecule has 0 amide bonds. The molecule has 8 heteroatoms. The number of ether oxygens (including phenoxy) is 1. The summed E-state index contributed by atoms with van der Waals surface area (Å²) in [6.45, 7) is 0. The van der Waals surface area contributed by atoms with E-state index in [1.807, 2.05) is 0 Å². The molecule has 1 saturated carbocycles. The van der Waals surface area contributed by atoms with E-state index in [1.54, 1.807) is 11.7 Å². The van der Waals surface area contributed by atoms with E-state index < -0.39 is 0 Å². The van der Waals surface area contributed by atoms with Gasteiger partial charge in [0.15, 0.2) is 0 Å². The zero-order chi connectivity index (χ0) is 13.0. The fraction of sp³-hybridized carbons (Fsp3) is 0.800. The van der Waals surface area contributed by atoms with E-state index in [0.717, 1.165) is 23.8 Å². The van der Waals surface area contributed by atoms with Crippen molar-refractivity contribution in [3.05, 3.63) is 0 Å². The minimum Gasteiger partial charge on any atom is -0.468 e. The molecule has 0 bridgehead atoms. The van der Waals surface area contributed by atoms with Gasteiger partial charge in [-0.3, -0.25) is 4.79 Å². The first-order valence-electron chi connectivity index (χ1n) is 5.89. The van der Waals surface area contributed by atoms with Gasteiger partial charge in [-0.1, -0.05) is 11.8 Å². The Labute approximate surface area is 110 Å². The van der Waals surface area contributed by atoms with E-state index in [-0.39, 0.29) is 12.0 Å². The SMILES string of the molecule is COC(=O)C(CCSc1nnnn1C)NC1CC1. The van der Waals surface area contributed by atoms with Crippen LogP contribution in [0.15, 0.2) is 5.16 Å². The molecule has 1 aromatic rings. The van der Waals surface area contributed by atoms with E-state index in [2.05, 4.69) is 20.8 Å². The predicted molar refractivity (Wildman–Crippen MR) is 66.1 cm³/mol. The third kappa shape index (κ3) is 3.67. The van der Waals surface area contributed by atoms with Gasteiger partial charge in [-0.05, 0) is 29.7 Å². The van der Waals surface area contributed by atoms with Crippen molar-refractivity contribution in [2.45, 2.75) is 36.5 Å². The highest BCUT2D eigenvalue weighted by molar-refractivity contribution is 7.99. The van der Waals surface area contributed by atoms with Crippen LogP contribution in [0.4, 0.5) is 0 Å². The van der Waals surface area contributed by atoms with Gasteiger partial charge in [0.25, 0.3) is 0 Å². The summed E-state index contributed by atoms with van der Waals surface area (Å²) in [5.41, 5.74) is 0. The van der Waals surface area contributed by atoms with Crippen LogP contribution in [-0.2, 0) is 16.6 Å². The van der Waals surface area contributed by atoms with Crippen LogP contribution in [0.3, 0.4) is 0 Å².